The molecule has 3 N–H and O–H groups in total. The number of ether oxygens (including phenoxy) is 1. The lowest BCUT2D eigenvalue weighted by Crippen LogP contribution is -2.18. The molecule has 1 rings (SSSR count). The van der Waals surface area contributed by atoms with E-state index in [9.17, 15) is 0 Å². The summed E-state index contributed by atoms with van der Waals surface area (Å²) >= 11 is 0. The molecular weight excluding hydrogens is 190 g/mol. The van der Waals surface area contributed by atoms with Gasteiger partial charge in [0.1, 0.15) is 12.0 Å². The molecule has 0 aliphatic heterocycles. The number of hydrogen-bond donors (Lipinski definition) is 2. The number of nitrogens with two attached hydrogens (primary N) is 1. The highest BCUT2D eigenvalue weighted by atomic mass is 35.5. The Balaban J connectivity index is 0.00000144. The van der Waals surface area contributed by atoms with Crippen molar-refractivity contribution in [3.05, 3.63) is 29.8 Å². The van der Waals surface area contributed by atoms with Gasteiger partial charge in [0.05, 0.1) is 6.61 Å². The van der Waals surface area contributed by atoms with Gasteiger partial charge in [0, 0.05) is 0 Å². The summed E-state index contributed by atoms with van der Waals surface area (Å²) in [5.41, 5.74) is 6.40. The second kappa shape index (κ2) is 5.80. The lowest BCUT2D eigenvalue weighted by atomic mass is 10.2. The standard InChI is InChI=1S/C9H13NO2.ClH/c1-7(10)12-6-8-2-4-9(11)5-3-8;/h2-5,7,11H,6,10H2,1H3;1H. The molecule has 0 radical (unpaired) electrons. The highest BCUT2D eigenvalue weighted by molar-refractivity contribution is 5.85. The summed E-state index contributed by atoms with van der Waals surface area (Å²) in [4.78, 5) is 0. The van der Waals surface area contributed by atoms with Crippen LogP contribution in [0.5, 0.6) is 5.75 Å². The van der Waals surface area contributed by atoms with Crippen molar-refractivity contribution in [3.63, 3.8) is 0 Å². The number of benzene rings is 1. The maximum atomic E-state index is 8.97. The van der Waals surface area contributed by atoms with E-state index in [0.29, 0.717) is 6.61 Å². The first kappa shape index (κ1) is 12.2. The molecule has 1 atom stereocenters. The van der Waals surface area contributed by atoms with Crippen molar-refractivity contribution in [2.75, 3.05) is 0 Å². The van der Waals surface area contributed by atoms with Crippen LogP contribution in [0.2, 0.25) is 0 Å². The minimum absolute atomic E-state index is 0. The smallest absolute Gasteiger partial charge is 0.115 e. The van der Waals surface area contributed by atoms with E-state index in [1.807, 2.05) is 0 Å². The van der Waals surface area contributed by atoms with Gasteiger partial charge in [-0.2, -0.15) is 0 Å². The van der Waals surface area contributed by atoms with E-state index in [0.717, 1.165) is 5.56 Å². The fourth-order valence-electron chi connectivity index (χ4n) is 0.820. The van der Waals surface area contributed by atoms with Gasteiger partial charge < -0.3 is 15.6 Å². The predicted octanol–water partition coefficient (Wildman–Crippen LogP) is 1.64. The zero-order valence-corrected chi connectivity index (χ0v) is 8.25. The van der Waals surface area contributed by atoms with Crippen LogP contribution < -0.4 is 5.73 Å². The van der Waals surface area contributed by atoms with Gasteiger partial charge in [-0.15, -0.1) is 12.4 Å². The molecule has 0 saturated carbocycles. The number of hydrogen-bond acceptors (Lipinski definition) is 3. The summed E-state index contributed by atoms with van der Waals surface area (Å²) in [7, 11) is 0. The van der Waals surface area contributed by atoms with Gasteiger partial charge in [-0.3, -0.25) is 0 Å². The summed E-state index contributed by atoms with van der Waals surface area (Å²) in [6, 6.07) is 6.86. The van der Waals surface area contributed by atoms with E-state index in [1.54, 1.807) is 31.2 Å². The molecule has 3 nitrogen and oxygen atoms in total. The van der Waals surface area contributed by atoms with Gasteiger partial charge in [-0.25, -0.2) is 0 Å². The minimum Gasteiger partial charge on any atom is -0.508 e. The molecule has 74 valence electrons. The number of phenols is 1. The van der Waals surface area contributed by atoms with Crippen LogP contribution in [0.25, 0.3) is 0 Å². The first-order valence-corrected chi connectivity index (χ1v) is 3.83. The molecule has 13 heavy (non-hydrogen) atoms. The second-order valence-corrected chi connectivity index (χ2v) is 2.68. The molecule has 0 aliphatic rings. The topological polar surface area (TPSA) is 55.5 Å². The average Bonchev–Trinajstić information content (AvgIpc) is 2.03. The van der Waals surface area contributed by atoms with Crippen LogP contribution >= 0.6 is 12.4 Å². The van der Waals surface area contributed by atoms with E-state index in [1.165, 1.54) is 0 Å². The third kappa shape index (κ3) is 4.72. The number of halogens is 1. The first-order valence-electron chi connectivity index (χ1n) is 3.83. The number of phenolic OH excluding ortho intramolecular Hbond substituents is 1. The monoisotopic (exact) mass is 203 g/mol. The Morgan fingerprint density at radius 3 is 2.38 bits per heavy atom. The van der Waals surface area contributed by atoms with Gasteiger partial charge in [0.2, 0.25) is 0 Å². The fourth-order valence-corrected chi connectivity index (χ4v) is 0.820. The van der Waals surface area contributed by atoms with Gasteiger partial charge >= 0.3 is 0 Å². The first-order chi connectivity index (χ1) is 5.68. The predicted molar refractivity (Wildman–Crippen MR) is 53.8 cm³/mol. The normalized spacial score (nSPS) is 11.8. The molecule has 0 aliphatic carbocycles. The Kier molecular flexibility index (Phi) is 5.46. The average molecular weight is 204 g/mol. The Bertz CT molecular complexity index is 236. The van der Waals surface area contributed by atoms with Gasteiger partial charge in [-0.1, -0.05) is 12.1 Å². The number of aromatic hydroxyl groups is 1. The van der Waals surface area contributed by atoms with Gasteiger partial charge in [0.25, 0.3) is 0 Å². The maximum Gasteiger partial charge on any atom is 0.115 e. The van der Waals surface area contributed by atoms with Crippen molar-refractivity contribution < 1.29 is 9.84 Å². The summed E-state index contributed by atoms with van der Waals surface area (Å²) in [6.45, 7) is 2.26. The third-order valence-corrected chi connectivity index (χ3v) is 1.45. The summed E-state index contributed by atoms with van der Waals surface area (Å²) in [5.74, 6) is 0.263. The van der Waals surface area contributed by atoms with Crippen molar-refractivity contribution in [1.29, 1.82) is 0 Å². The zero-order valence-electron chi connectivity index (χ0n) is 7.43. The highest BCUT2D eigenvalue weighted by Gasteiger charge is 1.95. The van der Waals surface area contributed by atoms with E-state index in [-0.39, 0.29) is 24.4 Å². The van der Waals surface area contributed by atoms with Crippen LogP contribution in [0.4, 0.5) is 0 Å². The molecule has 0 spiro atoms. The SMILES string of the molecule is CC(N)OCc1ccc(O)cc1.Cl. The second-order valence-electron chi connectivity index (χ2n) is 2.68. The summed E-state index contributed by atoms with van der Waals surface area (Å²) in [6.07, 6.45) is -0.251. The van der Waals surface area contributed by atoms with Crippen LogP contribution in [0.3, 0.4) is 0 Å². The summed E-state index contributed by atoms with van der Waals surface area (Å²) < 4.78 is 5.16. The Morgan fingerprint density at radius 2 is 1.92 bits per heavy atom. The minimum atomic E-state index is -0.251. The Labute approximate surface area is 83.9 Å². The molecule has 0 bridgehead atoms. The van der Waals surface area contributed by atoms with Crippen molar-refractivity contribution in [2.24, 2.45) is 5.73 Å². The van der Waals surface area contributed by atoms with Crippen LogP contribution in [0.1, 0.15) is 12.5 Å². The lowest BCUT2D eigenvalue weighted by molar-refractivity contribution is 0.0576. The molecule has 1 aromatic rings. The van der Waals surface area contributed by atoms with E-state index in [4.69, 9.17) is 15.6 Å². The van der Waals surface area contributed by atoms with Crippen molar-refractivity contribution in [3.8, 4) is 5.75 Å². The quantitative estimate of drug-likeness (QED) is 0.735. The Morgan fingerprint density at radius 1 is 1.38 bits per heavy atom. The molecule has 0 fully saturated rings. The molecule has 0 aromatic heterocycles. The largest absolute Gasteiger partial charge is 0.508 e. The molecule has 1 unspecified atom stereocenters. The van der Waals surface area contributed by atoms with Crippen LogP contribution in [-0.4, -0.2) is 11.3 Å². The maximum absolute atomic E-state index is 8.97. The van der Waals surface area contributed by atoms with E-state index >= 15 is 0 Å². The van der Waals surface area contributed by atoms with E-state index < -0.39 is 0 Å². The molecule has 1 aromatic carbocycles. The van der Waals surface area contributed by atoms with Crippen LogP contribution in [0, 0.1) is 0 Å². The van der Waals surface area contributed by atoms with Gasteiger partial charge in [-0.05, 0) is 24.6 Å². The number of rotatable bonds is 3. The Hall–Kier alpha value is -0.770. The van der Waals surface area contributed by atoms with Crippen molar-refractivity contribution in [1.82, 2.24) is 0 Å². The summed E-state index contributed by atoms with van der Waals surface area (Å²) in [5, 5.41) is 8.97. The van der Waals surface area contributed by atoms with Crippen molar-refractivity contribution in [2.45, 2.75) is 19.8 Å². The fraction of sp³-hybridized carbons (Fsp3) is 0.333. The third-order valence-electron chi connectivity index (χ3n) is 1.45. The molecule has 0 heterocycles. The van der Waals surface area contributed by atoms with Crippen molar-refractivity contribution >= 4 is 12.4 Å². The highest BCUT2D eigenvalue weighted by Crippen LogP contribution is 2.10. The zero-order chi connectivity index (χ0) is 8.97. The van der Waals surface area contributed by atoms with Crippen LogP contribution in [0.15, 0.2) is 24.3 Å². The molecule has 0 amide bonds. The lowest BCUT2D eigenvalue weighted by Gasteiger charge is -2.06. The molecule has 4 heteroatoms. The van der Waals surface area contributed by atoms with Crippen LogP contribution in [-0.2, 0) is 11.3 Å². The van der Waals surface area contributed by atoms with E-state index in [2.05, 4.69) is 0 Å². The molecule has 0 saturated heterocycles. The molecular formula is C9H14ClNO2. The van der Waals surface area contributed by atoms with Gasteiger partial charge in [0.15, 0.2) is 0 Å².